The van der Waals surface area contributed by atoms with Crippen molar-refractivity contribution in [1.29, 1.82) is 0 Å². The van der Waals surface area contributed by atoms with Crippen LogP contribution >= 0.6 is 0 Å². The lowest BCUT2D eigenvalue weighted by Crippen LogP contribution is -2.20. The van der Waals surface area contributed by atoms with E-state index in [-0.39, 0.29) is 11.6 Å². The van der Waals surface area contributed by atoms with Gasteiger partial charge in [0.1, 0.15) is 11.6 Å². The van der Waals surface area contributed by atoms with E-state index in [0.717, 1.165) is 5.69 Å². The summed E-state index contributed by atoms with van der Waals surface area (Å²) >= 11 is 0. The molecule has 2 aromatic heterocycles. The quantitative estimate of drug-likeness (QED) is 0.324. The van der Waals surface area contributed by atoms with Gasteiger partial charge in [-0.1, -0.05) is 6.07 Å². The molecule has 3 heterocycles. The standard InChI is InChI=1S/C23H20FN7O2/c1-11-8-25-21(29-11)16-6-5-14(17-9-26-22(32)19(16)17)15-4-3-13(7-18(15)24)30-23(33)31-20-12(2)27-10-28-20/h3-8,10H,9H2,1-2H3,(H,25,29)(H,26,32)(H,27,28)(H2,30,31,33). The number of carbonyl (C=O) groups excluding carboxylic acids is 2. The lowest BCUT2D eigenvalue weighted by atomic mass is 9.92. The van der Waals surface area contributed by atoms with Crippen molar-refractivity contribution in [3.05, 3.63) is 71.2 Å². The number of fused-ring (bicyclic) bond motifs is 1. The molecule has 0 spiro atoms. The van der Waals surface area contributed by atoms with Crippen LogP contribution in [-0.2, 0) is 6.54 Å². The molecule has 4 aromatic rings. The van der Waals surface area contributed by atoms with Crippen molar-refractivity contribution in [3.63, 3.8) is 0 Å². The Kier molecular flexibility index (Phi) is 4.89. The SMILES string of the molecule is Cc1cnc(-c2ccc(-c3ccc(NC(=O)Nc4nc[nH]c4C)cc3F)c3c2C(=O)NC3)[nH]1. The van der Waals surface area contributed by atoms with Crippen LogP contribution in [0.25, 0.3) is 22.5 Å². The number of hydrogen-bond donors (Lipinski definition) is 5. The maximum atomic E-state index is 15.1. The minimum Gasteiger partial charge on any atom is -0.348 e. The first-order valence-corrected chi connectivity index (χ1v) is 10.2. The molecule has 33 heavy (non-hydrogen) atoms. The Morgan fingerprint density at radius 3 is 2.55 bits per heavy atom. The van der Waals surface area contributed by atoms with E-state index >= 15 is 4.39 Å². The molecule has 0 fully saturated rings. The second-order valence-corrected chi connectivity index (χ2v) is 7.76. The third-order valence-electron chi connectivity index (χ3n) is 5.50. The zero-order valence-corrected chi connectivity index (χ0v) is 17.8. The van der Waals surface area contributed by atoms with Gasteiger partial charge in [0.15, 0.2) is 5.82 Å². The van der Waals surface area contributed by atoms with E-state index in [2.05, 4.69) is 35.9 Å². The Morgan fingerprint density at radius 2 is 1.85 bits per heavy atom. The van der Waals surface area contributed by atoms with Crippen LogP contribution in [0.15, 0.2) is 42.9 Å². The highest BCUT2D eigenvalue weighted by molar-refractivity contribution is 6.06. The van der Waals surface area contributed by atoms with E-state index in [0.29, 0.717) is 51.7 Å². The van der Waals surface area contributed by atoms with Crippen molar-refractivity contribution in [2.24, 2.45) is 0 Å². The minimum atomic E-state index is -0.536. The first kappa shape index (κ1) is 20.4. The molecule has 5 rings (SSSR count). The molecule has 0 atom stereocenters. The van der Waals surface area contributed by atoms with Gasteiger partial charge in [-0.15, -0.1) is 0 Å². The Balaban J connectivity index is 1.45. The molecule has 0 saturated heterocycles. The van der Waals surface area contributed by atoms with Crippen LogP contribution in [0, 0.1) is 19.7 Å². The summed E-state index contributed by atoms with van der Waals surface area (Å²) in [7, 11) is 0. The molecule has 0 unspecified atom stereocenters. The van der Waals surface area contributed by atoms with Gasteiger partial charge < -0.3 is 20.6 Å². The molecule has 0 radical (unpaired) electrons. The zero-order valence-electron chi connectivity index (χ0n) is 17.8. The normalized spacial score (nSPS) is 12.4. The van der Waals surface area contributed by atoms with Crippen molar-refractivity contribution < 1.29 is 14.0 Å². The summed E-state index contributed by atoms with van der Waals surface area (Å²) in [6.45, 7) is 3.95. The van der Waals surface area contributed by atoms with Gasteiger partial charge in [-0.25, -0.2) is 19.2 Å². The predicted octanol–water partition coefficient (Wildman–Crippen LogP) is 4.11. The van der Waals surface area contributed by atoms with Crippen LogP contribution in [0.5, 0.6) is 0 Å². The van der Waals surface area contributed by atoms with Gasteiger partial charge in [0.05, 0.1) is 17.6 Å². The number of nitrogens with one attached hydrogen (secondary N) is 5. The Hall–Kier alpha value is -4.47. The van der Waals surface area contributed by atoms with Gasteiger partial charge in [0.25, 0.3) is 5.91 Å². The largest absolute Gasteiger partial charge is 0.348 e. The average molecular weight is 445 g/mol. The average Bonchev–Trinajstić information content (AvgIpc) is 3.49. The van der Waals surface area contributed by atoms with Gasteiger partial charge >= 0.3 is 6.03 Å². The summed E-state index contributed by atoms with van der Waals surface area (Å²) in [4.78, 5) is 39.1. The van der Waals surface area contributed by atoms with Crippen LogP contribution in [0.2, 0.25) is 0 Å². The minimum absolute atomic E-state index is 0.222. The van der Waals surface area contributed by atoms with Gasteiger partial charge in [0.2, 0.25) is 0 Å². The number of aromatic amines is 2. The first-order chi connectivity index (χ1) is 15.9. The van der Waals surface area contributed by atoms with Gasteiger partial charge in [-0.3, -0.25) is 10.1 Å². The number of urea groups is 1. The number of halogens is 1. The summed E-state index contributed by atoms with van der Waals surface area (Å²) in [5.74, 6) is 0.238. The number of carbonyl (C=O) groups is 2. The van der Waals surface area contributed by atoms with E-state index in [9.17, 15) is 9.59 Å². The molecule has 0 bridgehead atoms. The van der Waals surface area contributed by atoms with Crippen molar-refractivity contribution in [2.75, 3.05) is 10.6 Å². The molecule has 1 aliphatic rings. The lowest BCUT2D eigenvalue weighted by molar-refractivity contribution is 0.0966. The first-order valence-electron chi connectivity index (χ1n) is 10.2. The summed E-state index contributed by atoms with van der Waals surface area (Å²) in [6, 6.07) is 7.45. The number of anilines is 2. The van der Waals surface area contributed by atoms with Crippen LogP contribution in [0.4, 0.5) is 20.7 Å². The van der Waals surface area contributed by atoms with Crippen LogP contribution in [0.1, 0.15) is 27.3 Å². The fraction of sp³-hybridized carbons (Fsp3) is 0.130. The molecule has 3 amide bonds. The maximum absolute atomic E-state index is 15.1. The van der Waals surface area contributed by atoms with Crippen molar-refractivity contribution in [2.45, 2.75) is 20.4 Å². The molecule has 2 aromatic carbocycles. The lowest BCUT2D eigenvalue weighted by Gasteiger charge is -2.13. The van der Waals surface area contributed by atoms with Crippen LogP contribution in [0.3, 0.4) is 0 Å². The summed E-state index contributed by atoms with van der Waals surface area (Å²) in [5, 5.41) is 8.01. The maximum Gasteiger partial charge on any atom is 0.324 e. The molecule has 166 valence electrons. The number of rotatable bonds is 4. The second kappa shape index (κ2) is 7.90. The fourth-order valence-electron chi connectivity index (χ4n) is 3.91. The molecular formula is C23H20FN7O2. The Morgan fingerprint density at radius 1 is 1.06 bits per heavy atom. The molecule has 0 saturated carbocycles. The number of H-pyrrole nitrogens is 2. The number of aromatic nitrogens is 4. The predicted molar refractivity (Wildman–Crippen MR) is 121 cm³/mol. The zero-order chi connectivity index (χ0) is 23.1. The monoisotopic (exact) mass is 445 g/mol. The smallest absolute Gasteiger partial charge is 0.324 e. The fourth-order valence-corrected chi connectivity index (χ4v) is 3.91. The third-order valence-corrected chi connectivity index (χ3v) is 5.50. The van der Waals surface area contributed by atoms with E-state index in [1.165, 1.54) is 12.4 Å². The molecule has 0 aliphatic carbocycles. The molecule has 1 aliphatic heterocycles. The van der Waals surface area contributed by atoms with Gasteiger partial charge in [-0.05, 0) is 49.2 Å². The molecule has 9 nitrogen and oxygen atoms in total. The summed E-state index contributed by atoms with van der Waals surface area (Å²) < 4.78 is 15.1. The van der Waals surface area contributed by atoms with Gasteiger partial charge in [0, 0.05) is 35.2 Å². The third kappa shape index (κ3) is 3.71. The van der Waals surface area contributed by atoms with E-state index in [1.54, 1.807) is 37.4 Å². The van der Waals surface area contributed by atoms with Gasteiger partial charge in [-0.2, -0.15) is 0 Å². The summed E-state index contributed by atoms with van der Waals surface area (Å²) in [5.41, 5.74) is 4.67. The summed E-state index contributed by atoms with van der Waals surface area (Å²) in [6.07, 6.45) is 3.16. The van der Waals surface area contributed by atoms with E-state index in [1.807, 2.05) is 6.92 Å². The number of amides is 3. The topological polar surface area (TPSA) is 128 Å². The van der Waals surface area contributed by atoms with E-state index in [4.69, 9.17) is 0 Å². The van der Waals surface area contributed by atoms with Crippen molar-refractivity contribution in [3.8, 4) is 22.5 Å². The number of aryl methyl sites for hydroxylation is 2. The molecular weight excluding hydrogens is 425 g/mol. The molecule has 10 heteroatoms. The second-order valence-electron chi connectivity index (χ2n) is 7.76. The number of hydrogen-bond acceptors (Lipinski definition) is 4. The number of nitrogens with zero attached hydrogens (tertiary/aromatic N) is 2. The number of imidazole rings is 2. The van der Waals surface area contributed by atoms with Crippen molar-refractivity contribution in [1.82, 2.24) is 25.3 Å². The highest BCUT2D eigenvalue weighted by atomic mass is 19.1. The molecule has 5 N–H and O–H groups in total. The van der Waals surface area contributed by atoms with Crippen molar-refractivity contribution >= 4 is 23.4 Å². The highest BCUT2D eigenvalue weighted by Gasteiger charge is 2.28. The number of benzene rings is 2. The highest BCUT2D eigenvalue weighted by Crippen LogP contribution is 2.36. The van der Waals surface area contributed by atoms with Crippen LogP contribution < -0.4 is 16.0 Å². The Bertz CT molecular complexity index is 1410. The van der Waals surface area contributed by atoms with Crippen LogP contribution in [-0.4, -0.2) is 31.9 Å². The van der Waals surface area contributed by atoms with E-state index < -0.39 is 11.8 Å². The Labute approximate surface area is 187 Å².